The maximum atomic E-state index is 3.07. The van der Waals surface area contributed by atoms with Crippen molar-refractivity contribution < 1.29 is 0 Å². The fourth-order valence-electron chi connectivity index (χ4n) is 0.408. The highest BCUT2D eigenvalue weighted by molar-refractivity contribution is 4.65. The average molecular weight is 87.1 g/mol. The summed E-state index contributed by atoms with van der Waals surface area (Å²) in [5, 5.41) is 9.12. The van der Waals surface area contributed by atoms with Crippen molar-refractivity contribution in [1.29, 1.82) is 0 Å². The zero-order chi connectivity index (χ0) is 4.41. The zero-order valence-electron chi connectivity index (χ0n) is 3.78. The van der Waals surface area contributed by atoms with Crippen molar-refractivity contribution in [3.63, 3.8) is 0 Å². The van der Waals surface area contributed by atoms with E-state index in [9.17, 15) is 0 Å². The molecule has 1 aliphatic heterocycles. The van der Waals surface area contributed by atoms with Gasteiger partial charge in [-0.05, 0) is 7.05 Å². The lowest BCUT2D eigenvalue weighted by molar-refractivity contribution is 0.264. The van der Waals surface area contributed by atoms with E-state index in [4.69, 9.17) is 0 Å². The van der Waals surface area contributed by atoms with Crippen LogP contribution in [-0.2, 0) is 0 Å². The lowest BCUT2D eigenvalue weighted by Gasteiger charge is -2.28. The summed E-state index contributed by atoms with van der Waals surface area (Å²) in [6, 6.07) is 0. The van der Waals surface area contributed by atoms with E-state index in [-0.39, 0.29) is 0 Å². The molecule has 0 amide bonds. The molecule has 0 spiro atoms. The Balaban J connectivity index is 2.01. The monoisotopic (exact) mass is 87.1 g/mol. The second-order valence-electron chi connectivity index (χ2n) is 1.31. The quantitative estimate of drug-likeness (QED) is 0.369. The molecular formula is C3H9N3. The van der Waals surface area contributed by atoms with Gasteiger partial charge >= 0.3 is 0 Å². The topological polar surface area (TPSA) is 36.1 Å². The molecule has 3 heteroatoms. The molecule has 1 heterocycles. The van der Waals surface area contributed by atoms with Crippen molar-refractivity contribution >= 4 is 0 Å². The summed E-state index contributed by atoms with van der Waals surface area (Å²) in [5.41, 5.74) is 0. The minimum atomic E-state index is 0.366. The van der Waals surface area contributed by atoms with Crippen molar-refractivity contribution in [2.45, 2.75) is 6.29 Å². The lowest BCUT2D eigenvalue weighted by Crippen LogP contribution is -2.65. The number of nitrogens with one attached hydrogen (secondary N) is 3. The Hall–Kier alpha value is -0.120. The van der Waals surface area contributed by atoms with Gasteiger partial charge in [0.15, 0.2) is 0 Å². The second kappa shape index (κ2) is 1.55. The first-order chi connectivity index (χ1) is 2.93. The summed E-state index contributed by atoms with van der Waals surface area (Å²) in [6.45, 7) is 0.936. The summed E-state index contributed by atoms with van der Waals surface area (Å²) in [6.07, 6.45) is 0.366. The number of hydrogen-bond donors (Lipinski definition) is 3. The molecule has 0 bridgehead atoms. The van der Waals surface area contributed by atoms with Crippen LogP contribution < -0.4 is 16.0 Å². The maximum absolute atomic E-state index is 3.07. The maximum Gasteiger partial charge on any atom is 0.113 e. The number of rotatable bonds is 1. The summed E-state index contributed by atoms with van der Waals surface area (Å²) in [5.74, 6) is 0. The molecule has 1 rings (SSSR count). The lowest BCUT2D eigenvalue weighted by atomic mass is 10.6. The van der Waals surface area contributed by atoms with Crippen LogP contribution in [0.15, 0.2) is 0 Å². The van der Waals surface area contributed by atoms with Gasteiger partial charge in [0, 0.05) is 0 Å². The third-order valence-corrected chi connectivity index (χ3v) is 0.901. The van der Waals surface area contributed by atoms with Crippen LogP contribution >= 0.6 is 0 Å². The predicted octanol–water partition coefficient (Wildman–Crippen LogP) is -1.36. The summed E-state index contributed by atoms with van der Waals surface area (Å²) in [4.78, 5) is 0. The highest BCUT2D eigenvalue weighted by Gasteiger charge is 2.09. The Labute approximate surface area is 37.1 Å². The molecule has 36 valence electrons. The van der Waals surface area contributed by atoms with Crippen LogP contribution in [0.2, 0.25) is 0 Å². The molecule has 0 radical (unpaired) electrons. The minimum Gasteiger partial charge on any atom is -0.293 e. The molecular weight excluding hydrogens is 78.1 g/mol. The third-order valence-electron chi connectivity index (χ3n) is 0.901. The smallest absolute Gasteiger partial charge is 0.113 e. The molecule has 0 aromatic rings. The van der Waals surface area contributed by atoms with Crippen molar-refractivity contribution in [3.8, 4) is 0 Å². The van der Waals surface area contributed by atoms with E-state index in [0.717, 1.165) is 6.67 Å². The first kappa shape index (κ1) is 4.05. The van der Waals surface area contributed by atoms with Crippen LogP contribution in [0, 0.1) is 0 Å². The zero-order valence-corrected chi connectivity index (χ0v) is 3.78. The Bertz CT molecular complexity index is 38.5. The van der Waals surface area contributed by atoms with Gasteiger partial charge in [-0.15, -0.1) is 0 Å². The van der Waals surface area contributed by atoms with E-state index in [1.54, 1.807) is 0 Å². The molecule has 0 aliphatic carbocycles. The molecule has 0 atom stereocenters. The van der Waals surface area contributed by atoms with E-state index >= 15 is 0 Å². The van der Waals surface area contributed by atoms with Crippen LogP contribution in [0.1, 0.15) is 0 Å². The van der Waals surface area contributed by atoms with E-state index in [1.165, 1.54) is 0 Å². The van der Waals surface area contributed by atoms with Gasteiger partial charge < -0.3 is 0 Å². The minimum absolute atomic E-state index is 0.366. The van der Waals surface area contributed by atoms with Crippen LogP contribution in [0.25, 0.3) is 0 Å². The molecule has 0 aromatic heterocycles. The molecule has 0 unspecified atom stereocenters. The molecule has 0 aromatic carbocycles. The van der Waals surface area contributed by atoms with Gasteiger partial charge in [0.05, 0.1) is 6.67 Å². The molecule has 1 saturated heterocycles. The fourth-order valence-corrected chi connectivity index (χ4v) is 0.408. The van der Waals surface area contributed by atoms with Gasteiger partial charge in [0.2, 0.25) is 0 Å². The Kier molecular flexibility index (Phi) is 1.05. The normalized spacial score (nSPS) is 23.5. The van der Waals surface area contributed by atoms with Gasteiger partial charge in [-0.25, -0.2) is 0 Å². The number of hydrogen-bond acceptors (Lipinski definition) is 3. The molecule has 0 saturated carbocycles. The van der Waals surface area contributed by atoms with Crippen molar-refractivity contribution in [2.24, 2.45) is 0 Å². The van der Waals surface area contributed by atoms with Crippen molar-refractivity contribution in [1.82, 2.24) is 16.0 Å². The second-order valence-corrected chi connectivity index (χ2v) is 1.31. The van der Waals surface area contributed by atoms with Crippen LogP contribution in [0.5, 0.6) is 0 Å². The third kappa shape index (κ3) is 0.518. The molecule has 1 aliphatic rings. The summed E-state index contributed by atoms with van der Waals surface area (Å²) in [7, 11) is 1.91. The standard InChI is InChI=1S/C3H9N3/c1-4-3-5-2-6-3/h3-6H,2H2,1H3. The van der Waals surface area contributed by atoms with Gasteiger partial charge in [0.1, 0.15) is 6.29 Å². The summed E-state index contributed by atoms with van der Waals surface area (Å²) < 4.78 is 0. The fraction of sp³-hybridized carbons (Fsp3) is 1.00. The van der Waals surface area contributed by atoms with Crippen LogP contribution in [0.4, 0.5) is 0 Å². The Morgan fingerprint density at radius 3 is 2.33 bits per heavy atom. The van der Waals surface area contributed by atoms with E-state index < -0.39 is 0 Å². The van der Waals surface area contributed by atoms with Gasteiger partial charge in [-0.2, -0.15) is 0 Å². The Morgan fingerprint density at radius 1 is 1.67 bits per heavy atom. The summed E-state index contributed by atoms with van der Waals surface area (Å²) >= 11 is 0. The van der Waals surface area contributed by atoms with E-state index in [1.807, 2.05) is 7.05 Å². The largest absolute Gasteiger partial charge is 0.293 e. The average Bonchev–Trinajstić information content (AvgIpc) is 1.31. The van der Waals surface area contributed by atoms with Crippen molar-refractivity contribution in [3.05, 3.63) is 0 Å². The molecule has 3 nitrogen and oxygen atoms in total. The Morgan fingerprint density at radius 2 is 2.33 bits per heavy atom. The van der Waals surface area contributed by atoms with E-state index in [0.29, 0.717) is 6.29 Å². The molecule has 1 fully saturated rings. The first-order valence-corrected chi connectivity index (χ1v) is 2.07. The van der Waals surface area contributed by atoms with Gasteiger partial charge in [-0.1, -0.05) is 0 Å². The first-order valence-electron chi connectivity index (χ1n) is 2.07. The highest BCUT2D eigenvalue weighted by Crippen LogP contribution is 1.74. The highest BCUT2D eigenvalue weighted by atomic mass is 15.4. The molecule has 6 heavy (non-hydrogen) atoms. The van der Waals surface area contributed by atoms with Gasteiger partial charge in [0.25, 0.3) is 0 Å². The van der Waals surface area contributed by atoms with E-state index in [2.05, 4.69) is 16.0 Å². The van der Waals surface area contributed by atoms with Crippen LogP contribution in [-0.4, -0.2) is 20.0 Å². The molecule has 3 N–H and O–H groups in total. The van der Waals surface area contributed by atoms with Crippen LogP contribution in [0.3, 0.4) is 0 Å². The van der Waals surface area contributed by atoms with Crippen molar-refractivity contribution in [2.75, 3.05) is 13.7 Å². The SMILES string of the molecule is CNC1NCN1. The van der Waals surface area contributed by atoms with Gasteiger partial charge in [-0.3, -0.25) is 16.0 Å². The predicted molar refractivity (Wildman–Crippen MR) is 24.0 cm³/mol.